The van der Waals surface area contributed by atoms with Crippen LogP contribution in [0.1, 0.15) is 19.5 Å². The van der Waals surface area contributed by atoms with Crippen molar-refractivity contribution in [1.29, 1.82) is 0 Å². The van der Waals surface area contributed by atoms with Crippen LogP contribution in [0.2, 0.25) is 0 Å². The predicted octanol–water partition coefficient (Wildman–Crippen LogP) is 1.05. The van der Waals surface area contributed by atoms with Crippen molar-refractivity contribution >= 4 is 16.8 Å². The summed E-state index contributed by atoms with van der Waals surface area (Å²) in [4.78, 5) is 12.4. The van der Waals surface area contributed by atoms with Gasteiger partial charge >= 0.3 is 0 Å². The molecule has 3 rings (SSSR count). The van der Waals surface area contributed by atoms with Crippen LogP contribution in [0.5, 0.6) is 0 Å². The van der Waals surface area contributed by atoms with E-state index in [0.717, 1.165) is 11.9 Å². The number of ether oxygens (including phenoxy) is 1. The molecule has 1 fully saturated rings. The Morgan fingerprint density at radius 3 is 3.00 bits per heavy atom. The van der Waals surface area contributed by atoms with Gasteiger partial charge in [0.15, 0.2) is 0 Å². The summed E-state index contributed by atoms with van der Waals surface area (Å²) in [6.45, 7) is 5.53. The number of carbonyl (C=O) groups excluding carboxylic acids is 1. The Morgan fingerprint density at radius 2 is 2.30 bits per heavy atom. The summed E-state index contributed by atoms with van der Waals surface area (Å²) in [5.74, 6) is -0.487. The molecule has 0 radical (unpaired) electrons. The maximum atomic E-state index is 13.4. The quantitative estimate of drug-likeness (QED) is 0.887. The molecule has 1 amide bonds. The number of morpholine rings is 1. The number of benzene rings is 1. The zero-order valence-electron chi connectivity index (χ0n) is 13.5. The fraction of sp³-hybridized carbons (Fsp3) is 0.500. The summed E-state index contributed by atoms with van der Waals surface area (Å²) in [6, 6.07) is 4.54. The molecule has 7 heteroatoms. The van der Waals surface area contributed by atoms with E-state index in [9.17, 15) is 9.18 Å². The first-order valence-corrected chi connectivity index (χ1v) is 7.65. The van der Waals surface area contributed by atoms with Gasteiger partial charge in [0, 0.05) is 25.5 Å². The minimum absolute atomic E-state index is 0.178. The molecule has 0 spiro atoms. The van der Waals surface area contributed by atoms with E-state index in [1.165, 1.54) is 12.1 Å². The topological polar surface area (TPSA) is 68.2 Å². The molecule has 2 N–H and O–H groups in total. The van der Waals surface area contributed by atoms with Crippen LogP contribution in [0.3, 0.4) is 0 Å². The van der Waals surface area contributed by atoms with Crippen LogP contribution < -0.4 is 10.6 Å². The maximum Gasteiger partial charge on any atom is 0.251 e. The van der Waals surface area contributed by atoms with Gasteiger partial charge in [-0.3, -0.25) is 9.48 Å². The Balaban J connectivity index is 1.88. The Bertz CT molecular complexity index is 735. The minimum atomic E-state index is -0.699. The van der Waals surface area contributed by atoms with Crippen LogP contribution in [0, 0.1) is 5.82 Å². The number of aryl methyl sites for hydroxylation is 1. The van der Waals surface area contributed by atoms with E-state index < -0.39 is 11.6 Å². The molecular formula is C16H21FN4O2. The second-order valence-corrected chi connectivity index (χ2v) is 6.31. The van der Waals surface area contributed by atoms with Crippen LogP contribution in [-0.4, -0.2) is 41.5 Å². The molecule has 1 aliphatic heterocycles. The minimum Gasteiger partial charge on any atom is -0.366 e. The van der Waals surface area contributed by atoms with Crippen molar-refractivity contribution in [2.24, 2.45) is 7.05 Å². The van der Waals surface area contributed by atoms with Gasteiger partial charge in [-0.1, -0.05) is 0 Å². The third-order valence-electron chi connectivity index (χ3n) is 4.06. The number of nitrogens with zero attached hydrogens (tertiary/aromatic N) is 2. The molecule has 1 saturated heterocycles. The molecule has 23 heavy (non-hydrogen) atoms. The number of rotatable bonds is 3. The summed E-state index contributed by atoms with van der Waals surface area (Å²) in [5, 5.41) is 11.4. The van der Waals surface area contributed by atoms with E-state index in [4.69, 9.17) is 4.74 Å². The Hall–Kier alpha value is -1.99. The molecule has 0 saturated carbocycles. The zero-order valence-corrected chi connectivity index (χ0v) is 13.5. The molecule has 1 atom stereocenters. The zero-order chi connectivity index (χ0) is 16.6. The number of carbonyl (C=O) groups is 1. The van der Waals surface area contributed by atoms with Crippen LogP contribution in [-0.2, 0) is 22.1 Å². The SMILES string of the molecule is Cn1nc(C(C)(C)NC(=O)[C@@H]2CNCCO2)c2ccc(F)cc21. The monoisotopic (exact) mass is 320 g/mol. The molecule has 1 aromatic heterocycles. The smallest absolute Gasteiger partial charge is 0.251 e. The molecule has 0 bridgehead atoms. The van der Waals surface area contributed by atoms with Crippen molar-refractivity contribution in [3.63, 3.8) is 0 Å². The summed E-state index contributed by atoms with van der Waals surface area (Å²) >= 11 is 0. The van der Waals surface area contributed by atoms with Crippen LogP contribution >= 0.6 is 0 Å². The fourth-order valence-electron chi connectivity index (χ4n) is 2.87. The highest BCUT2D eigenvalue weighted by Gasteiger charge is 2.32. The van der Waals surface area contributed by atoms with Crippen molar-refractivity contribution in [1.82, 2.24) is 20.4 Å². The highest BCUT2D eigenvalue weighted by molar-refractivity contribution is 5.85. The molecule has 2 aromatic rings. The largest absolute Gasteiger partial charge is 0.366 e. The first-order chi connectivity index (χ1) is 10.9. The number of hydrogen-bond donors (Lipinski definition) is 2. The van der Waals surface area contributed by atoms with Gasteiger partial charge in [-0.25, -0.2) is 4.39 Å². The summed E-state index contributed by atoms with van der Waals surface area (Å²) in [7, 11) is 1.76. The summed E-state index contributed by atoms with van der Waals surface area (Å²) in [5.41, 5.74) is 0.694. The van der Waals surface area contributed by atoms with Crippen LogP contribution in [0.15, 0.2) is 18.2 Å². The van der Waals surface area contributed by atoms with Gasteiger partial charge in [0.1, 0.15) is 11.9 Å². The lowest BCUT2D eigenvalue weighted by Crippen LogP contribution is -2.52. The summed E-state index contributed by atoms with van der Waals surface area (Å²) < 4.78 is 20.5. The molecule has 1 aromatic carbocycles. The van der Waals surface area contributed by atoms with Crippen molar-refractivity contribution in [2.75, 3.05) is 19.7 Å². The second-order valence-electron chi connectivity index (χ2n) is 6.31. The van der Waals surface area contributed by atoms with E-state index in [-0.39, 0.29) is 11.7 Å². The van der Waals surface area contributed by atoms with Gasteiger partial charge in [0.05, 0.1) is 23.4 Å². The Kier molecular flexibility index (Phi) is 4.08. The number of halogens is 1. The fourth-order valence-corrected chi connectivity index (χ4v) is 2.87. The second kappa shape index (κ2) is 5.90. The number of amides is 1. The molecular weight excluding hydrogens is 299 g/mol. The Morgan fingerprint density at radius 1 is 1.52 bits per heavy atom. The lowest BCUT2D eigenvalue weighted by atomic mass is 9.96. The highest BCUT2D eigenvalue weighted by atomic mass is 19.1. The van der Waals surface area contributed by atoms with Gasteiger partial charge in [0.25, 0.3) is 5.91 Å². The molecule has 2 heterocycles. The average molecular weight is 320 g/mol. The maximum absolute atomic E-state index is 13.4. The number of nitrogens with one attached hydrogen (secondary N) is 2. The Labute approximate surface area is 134 Å². The van der Waals surface area contributed by atoms with E-state index in [1.54, 1.807) is 17.8 Å². The van der Waals surface area contributed by atoms with E-state index in [0.29, 0.717) is 24.4 Å². The summed E-state index contributed by atoms with van der Waals surface area (Å²) in [6.07, 6.45) is -0.504. The normalized spacial score (nSPS) is 19.0. The van der Waals surface area contributed by atoms with Gasteiger partial charge < -0.3 is 15.4 Å². The third kappa shape index (κ3) is 3.07. The van der Waals surface area contributed by atoms with E-state index in [2.05, 4.69) is 15.7 Å². The highest BCUT2D eigenvalue weighted by Crippen LogP contribution is 2.28. The lowest BCUT2D eigenvalue weighted by Gasteiger charge is -2.29. The molecule has 0 unspecified atom stereocenters. The third-order valence-corrected chi connectivity index (χ3v) is 4.06. The number of aromatic nitrogens is 2. The standard InChI is InChI=1S/C16H21FN4O2/c1-16(2,19-15(22)13-9-18-6-7-23-13)14-11-5-4-10(17)8-12(11)21(3)20-14/h4-5,8,13,18H,6-7,9H2,1-3H3,(H,19,22)/t13-/m0/s1. The van der Waals surface area contributed by atoms with Crippen LogP contribution in [0.4, 0.5) is 4.39 Å². The number of hydrogen-bond acceptors (Lipinski definition) is 4. The van der Waals surface area contributed by atoms with Gasteiger partial charge in [-0.05, 0) is 32.0 Å². The molecule has 0 aliphatic carbocycles. The molecule has 6 nitrogen and oxygen atoms in total. The van der Waals surface area contributed by atoms with Crippen molar-refractivity contribution < 1.29 is 13.9 Å². The first kappa shape index (κ1) is 15.9. The van der Waals surface area contributed by atoms with Crippen LogP contribution in [0.25, 0.3) is 10.9 Å². The van der Waals surface area contributed by atoms with Crippen molar-refractivity contribution in [3.8, 4) is 0 Å². The molecule has 124 valence electrons. The van der Waals surface area contributed by atoms with Gasteiger partial charge in [-0.15, -0.1) is 0 Å². The number of fused-ring (bicyclic) bond motifs is 1. The lowest BCUT2D eigenvalue weighted by molar-refractivity contribution is -0.136. The van der Waals surface area contributed by atoms with Gasteiger partial charge in [-0.2, -0.15) is 5.10 Å². The predicted molar refractivity (Wildman–Crippen MR) is 84.5 cm³/mol. The average Bonchev–Trinajstić information content (AvgIpc) is 2.85. The van der Waals surface area contributed by atoms with Crippen molar-refractivity contribution in [3.05, 3.63) is 29.7 Å². The first-order valence-electron chi connectivity index (χ1n) is 7.65. The van der Waals surface area contributed by atoms with E-state index in [1.807, 2.05) is 13.8 Å². The molecule has 1 aliphatic rings. The van der Waals surface area contributed by atoms with E-state index >= 15 is 0 Å². The van der Waals surface area contributed by atoms with Gasteiger partial charge in [0.2, 0.25) is 0 Å². The van der Waals surface area contributed by atoms with Crippen molar-refractivity contribution in [2.45, 2.75) is 25.5 Å².